The number of rotatable bonds is 3. The third-order valence-corrected chi connectivity index (χ3v) is 4.48. The minimum absolute atomic E-state index is 0.0251. The van der Waals surface area contributed by atoms with Gasteiger partial charge in [-0.1, -0.05) is 25.4 Å². The van der Waals surface area contributed by atoms with Crippen molar-refractivity contribution in [3.8, 4) is 5.75 Å². The molecule has 6 heteroatoms. The topological polar surface area (TPSA) is 49.9 Å². The molecule has 0 bridgehead atoms. The SMILES string of the molecule is COc1c(C)cc(Cl)cc1C(=O)N1CCCN(C(=O)C(C)C)CC1. The lowest BCUT2D eigenvalue weighted by Gasteiger charge is -2.24. The summed E-state index contributed by atoms with van der Waals surface area (Å²) in [6, 6.07) is 3.43. The molecule has 0 aliphatic carbocycles. The van der Waals surface area contributed by atoms with Crippen molar-refractivity contribution in [1.29, 1.82) is 0 Å². The molecule has 2 rings (SSSR count). The second kappa shape index (κ2) is 7.88. The van der Waals surface area contributed by atoms with Crippen LogP contribution in [-0.2, 0) is 4.79 Å². The number of hydrogen-bond donors (Lipinski definition) is 0. The van der Waals surface area contributed by atoms with E-state index in [-0.39, 0.29) is 17.7 Å². The van der Waals surface area contributed by atoms with Gasteiger partial charge in [-0.25, -0.2) is 0 Å². The number of carbonyl (C=O) groups is 2. The third kappa shape index (κ3) is 4.01. The van der Waals surface area contributed by atoms with Gasteiger partial charge in [-0.05, 0) is 31.0 Å². The number of aryl methyl sites for hydroxylation is 1. The largest absolute Gasteiger partial charge is 0.496 e. The molecule has 1 fully saturated rings. The van der Waals surface area contributed by atoms with Gasteiger partial charge < -0.3 is 14.5 Å². The van der Waals surface area contributed by atoms with Crippen LogP contribution < -0.4 is 4.74 Å². The second-order valence-corrected chi connectivity index (χ2v) is 6.87. The Hall–Kier alpha value is -1.75. The Morgan fingerprint density at radius 2 is 1.75 bits per heavy atom. The van der Waals surface area contributed by atoms with E-state index in [0.29, 0.717) is 42.5 Å². The van der Waals surface area contributed by atoms with Crippen molar-refractivity contribution in [2.24, 2.45) is 5.92 Å². The summed E-state index contributed by atoms with van der Waals surface area (Å²) in [5.41, 5.74) is 1.31. The molecule has 0 N–H and O–H groups in total. The molecular formula is C18H25ClN2O3. The minimum Gasteiger partial charge on any atom is -0.496 e. The van der Waals surface area contributed by atoms with E-state index in [9.17, 15) is 9.59 Å². The Balaban J connectivity index is 2.18. The quantitative estimate of drug-likeness (QED) is 0.840. The predicted molar refractivity (Wildman–Crippen MR) is 94.7 cm³/mol. The van der Waals surface area contributed by atoms with Gasteiger partial charge in [0.15, 0.2) is 0 Å². The van der Waals surface area contributed by atoms with Gasteiger partial charge in [-0.2, -0.15) is 0 Å². The van der Waals surface area contributed by atoms with E-state index >= 15 is 0 Å². The van der Waals surface area contributed by atoms with Crippen molar-refractivity contribution in [3.05, 3.63) is 28.3 Å². The highest BCUT2D eigenvalue weighted by Gasteiger charge is 2.26. The fourth-order valence-corrected chi connectivity index (χ4v) is 3.31. The summed E-state index contributed by atoms with van der Waals surface area (Å²) in [5, 5.41) is 0.517. The van der Waals surface area contributed by atoms with Crippen LogP contribution in [-0.4, -0.2) is 54.9 Å². The van der Waals surface area contributed by atoms with Crippen molar-refractivity contribution in [3.63, 3.8) is 0 Å². The first-order valence-corrected chi connectivity index (χ1v) is 8.65. The molecule has 0 atom stereocenters. The normalized spacial score (nSPS) is 15.4. The van der Waals surface area contributed by atoms with Gasteiger partial charge in [0, 0.05) is 37.1 Å². The van der Waals surface area contributed by atoms with Crippen LogP contribution in [0, 0.1) is 12.8 Å². The molecule has 0 aromatic heterocycles. The monoisotopic (exact) mass is 352 g/mol. The van der Waals surface area contributed by atoms with Crippen molar-refractivity contribution < 1.29 is 14.3 Å². The molecule has 1 aromatic rings. The van der Waals surface area contributed by atoms with Crippen LogP contribution in [0.25, 0.3) is 0 Å². The summed E-state index contributed by atoms with van der Waals surface area (Å²) in [7, 11) is 1.55. The lowest BCUT2D eigenvalue weighted by atomic mass is 10.1. The van der Waals surface area contributed by atoms with E-state index in [1.54, 1.807) is 24.1 Å². The van der Waals surface area contributed by atoms with Crippen molar-refractivity contribution in [2.75, 3.05) is 33.3 Å². The van der Waals surface area contributed by atoms with Crippen LogP contribution in [0.5, 0.6) is 5.75 Å². The van der Waals surface area contributed by atoms with Gasteiger partial charge in [0.05, 0.1) is 12.7 Å². The summed E-state index contributed by atoms with van der Waals surface area (Å²) in [4.78, 5) is 28.7. The number of carbonyl (C=O) groups excluding carboxylic acids is 2. The van der Waals surface area contributed by atoms with E-state index in [4.69, 9.17) is 16.3 Å². The molecule has 0 radical (unpaired) electrons. The van der Waals surface area contributed by atoms with E-state index in [2.05, 4.69) is 0 Å². The maximum absolute atomic E-state index is 12.9. The second-order valence-electron chi connectivity index (χ2n) is 6.43. The molecule has 1 saturated heterocycles. The maximum Gasteiger partial charge on any atom is 0.257 e. The van der Waals surface area contributed by atoms with Crippen LogP contribution in [0.4, 0.5) is 0 Å². The van der Waals surface area contributed by atoms with Crippen molar-refractivity contribution in [1.82, 2.24) is 9.80 Å². The summed E-state index contributed by atoms with van der Waals surface area (Å²) in [5.74, 6) is 0.573. The molecule has 0 saturated carbocycles. The van der Waals surface area contributed by atoms with Gasteiger partial charge in [0.25, 0.3) is 5.91 Å². The molecule has 2 amide bonds. The molecule has 1 aliphatic rings. The zero-order valence-electron chi connectivity index (χ0n) is 14.8. The summed E-state index contributed by atoms with van der Waals surface area (Å²) >= 11 is 6.11. The van der Waals surface area contributed by atoms with Crippen molar-refractivity contribution in [2.45, 2.75) is 27.2 Å². The van der Waals surface area contributed by atoms with Crippen LogP contribution in [0.2, 0.25) is 5.02 Å². The molecule has 1 aromatic carbocycles. The average molecular weight is 353 g/mol. The molecule has 132 valence electrons. The number of ether oxygens (including phenoxy) is 1. The Labute approximate surface area is 148 Å². The van der Waals surface area contributed by atoms with Crippen LogP contribution >= 0.6 is 11.6 Å². The maximum atomic E-state index is 12.9. The zero-order chi connectivity index (χ0) is 17.9. The molecule has 1 heterocycles. The number of benzene rings is 1. The highest BCUT2D eigenvalue weighted by Crippen LogP contribution is 2.29. The summed E-state index contributed by atoms with van der Waals surface area (Å²) in [6.07, 6.45) is 0.770. The number of amides is 2. The van der Waals surface area contributed by atoms with Gasteiger partial charge in [-0.3, -0.25) is 9.59 Å². The lowest BCUT2D eigenvalue weighted by molar-refractivity contribution is -0.134. The predicted octanol–water partition coefficient (Wildman–Crippen LogP) is 2.99. The fraction of sp³-hybridized carbons (Fsp3) is 0.556. The van der Waals surface area contributed by atoms with E-state index < -0.39 is 0 Å². The van der Waals surface area contributed by atoms with E-state index in [1.165, 1.54) is 0 Å². The van der Waals surface area contributed by atoms with Gasteiger partial charge in [0.2, 0.25) is 5.91 Å². The smallest absolute Gasteiger partial charge is 0.257 e. The minimum atomic E-state index is -0.101. The average Bonchev–Trinajstić information content (AvgIpc) is 2.78. The Kier molecular flexibility index (Phi) is 6.10. The Morgan fingerprint density at radius 1 is 1.12 bits per heavy atom. The Morgan fingerprint density at radius 3 is 2.38 bits per heavy atom. The molecule has 1 aliphatic heterocycles. The first-order chi connectivity index (χ1) is 11.3. The molecule has 0 unspecified atom stereocenters. The van der Waals surface area contributed by atoms with Crippen molar-refractivity contribution >= 4 is 23.4 Å². The Bertz CT molecular complexity index is 631. The number of halogens is 1. The van der Waals surface area contributed by atoms with Gasteiger partial charge >= 0.3 is 0 Å². The fourth-order valence-electron chi connectivity index (χ4n) is 3.04. The summed E-state index contributed by atoms with van der Waals surface area (Å²) in [6.45, 7) is 8.05. The highest BCUT2D eigenvalue weighted by molar-refractivity contribution is 6.31. The van der Waals surface area contributed by atoms with Crippen LogP contribution in [0.15, 0.2) is 12.1 Å². The van der Waals surface area contributed by atoms with E-state index in [1.807, 2.05) is 25.7 Å². The zero-order valence-corrected chi connectivity index (χ0v) is 15.5. The lowest BCUT2D eigenvalue weighted by Crippen LogP contribution is -2.39. The van der Waals surface area contributed by atoms with Crippen LogP contribution in [0.3, 0.4) is 0 Å². The first-order valence-electron chi connectivity index (χ1n) is 8.27. The molecule has 5 nitrogen and oxygen atoms in total. The third-order valence-electron chi connectivity index (χ3n) is 4.26. The van der Waals surface area contributed by atoms with E-state index in [0.717, 1.165) is 12.0 Å². The number of nitrogens with zero attached hydrogens (tertiary/aromatic N) is 2. The highest BCUT2D eigenvalue weighted by atomic mass is 35.5. The van der Waals surface area contributed by atoms with Gasteiger partial charge in [0.1, 0.15) is 5.75 Å². The van der Waals surface area contributed by atoms with Gasteiger partial charge in [-0.15, -0.1) is 0 Å². The standard InChI is InChI=1S/C18H25ClN2O3/c1-12(2)17(22)20-6-5-7-21(9-8-20)18(23)15-11-14(19)10-13(3)16(15)24-4/h10-12H,5-9H2,1-4H3. The van der Waals surface area contributed by atoms with Crippen LogP contribution in [0.1, 0.15) is 36.2 Å². The number of hydrogen-bond acceptors (Lipinski definition) is 3. The number of methoxy groups -OCH3 is 1. The molecular weight excluding hydrogens is 328 g/mol. The molecule has 24 heavy (non-hydrogen) atoms. The summed E-state index contributed by atoms with van der Waals surface area (Å²) < 4.78 is 5.39. The molecule has 0 spiro atoms. The first kappa shape index (κ1) is 18.6.